The van der Waals surface area contributed by atoms with Crippen LogP contribution in [0.2, 0.25) is 0 Å². The zero-order chi connectivity index (χ0) is 11.4. The van der Waals surface area contributed by atoms with Crippen LogP contribution < -0.4 is 5.73 Å². The molecule has 1 heterocycles. The van der Waals surface area contributed by atoms with Crippen molar-refractivity contribution in [3.8, 4) is 0 Å². The first-order chi connectivity index (χ1) is 7.06. The molecular formula is C11H18ClFN2. The highest BCUT2D eigenvalue weighted by Crippen LogP contribution is 2.24. The second-order valence-electron chi connectivity index (χ2n) is 3.86. The minimum atomic E-state index is -0.125. The summed E-state index contributed by atoms with van der Waals surface area (Å²) in [6, 6.07) is 0. The zero-order valence-electron chi connectivity index (χ0n) is 9.32. The topological polar surface area (TPSA) is 29.3 Å². The van der Waals surface area contributed by atoms with E-state index in [1.165, 1.54) is 6.92 Å². The number of piperidine rings is 1. The normalized spacial score (nSPS) is 22.6. The summed E-state index contributed by atoms with van der Waals surface area (Å²) in [7, 11) is 0. The molecule has 1 fully saturated rings. The summed E-state index contributed by atoms with van der Waals surface area (Å²) < 4.78 is 13.1. The van der Waals surface area contributed by atoms with Gasteiger partial charge in [0, 0.05) is 30.4 Å². The fourth-order valence-electron chi connectivity index (χ4n) is 1.74. The molecule has 0 aliphatic carbocycles. The number of rotatable bonds is 2. The number of hydrogen-bond acceptors (Lipinski definition) is 2. The summed E-state index contributed by atoms with van der Waals surface area (Å²) in [5.74, 6) is -0.125. The van der Waals surface area contributed by atoms with Crippen LogP contribution in [0.4, 0.5) is 4.39 Å². The van der Waals surface area contributed by atoms with E-state index in [2.05, 4.69) is 0 Å². The van der Waals surface area contributed by atoms with Crippen molar-refractivity contribution in [1.82, 2.24) is 4.90 Å². The number of likely N-dealkylation sites (tertiary alicyclic amines) is 1. The highest BCUT2D eigenvalue weighted by Gasteiger charge is 2.17. The van der Waals surface area contributed by atoms with Crippen molar-refractivity contribution in [3.05, 3.63) is 22.1 Å². The second kappa shape index (κ2) is 5.52. The third-order valence-corrected chi connectivity index (χ3v) is 3.25. The van der Waals surface area contributed by atoms with Crippen molar-refractivity contribution in [2.24, 2.45) is 5.73 Å². The average molecular weight is 233 g/mol. The van der Waals surface area contributed by atoms with Crippen LogP contribution in [-0.2, 0) is 0 Å². The molecule has 0 bridgehead atoms. The molecule has 0 amide bonds. The Labute approximate surface area is 95.6 Å². The van der Waals surface area contributed by atoms with Gasteiger partial charge in [-0.15, -0.1) is 0 Å². The summed E-state index contributed by atoms with van der Waals surface area (Å²) in [5, 5.41) is 0.726. The van der Waals surface area contributed by atoms with E-state index in [4.69, 9.17) is 17.3 Å². The maximum atomic E-state index is 13.1. The molecule has 2 nitrogen and oxygen atoms in total. The molecule has 0 saturated carbocycles. The SMILES string of the molecule is CC(F)=C(C)N1CCCC(=C(Cl)CN)C1. The molecule has 1 saturated heterocycles. The van der Waals surface area contributed by atoms with Gasteiger partial charge in [0.05, 0.1) is 0 Å². The van der Waals surface area contributed by atoms with Gasteiger partial charge in [-0.05, 0) is 32.3 Å². The molecule has 0 aromatic carbocycles. The molecule has 0 spiro atoms. The first-order valence-electron chi connectivity index (χ1n) is 5.20. The maximum absolute atomic E-state index is 13.1. The summed E-state index contributed by atoms with van der Waals surface area (Å²) in [5.41, 5.74) is 7.34. The summed E-state index contributed by atoms with van der Waals surface area (Å²) in [4.78, 5) is 2.02. The molecule has 15 heavy (non-hydrogen) atoms. The van der Waals surface area contributed by atoms with Crippen LogP contribution in [0.5, 0.6) is 0 Å². The largest absolute Gasteiger partial charge is 0.369 e. The third-order valence-electron chi connectivity index (χ3n) is 2.82. The Morgan fingerprint density at radius 3 is 2.73 bits per heavy atom. The fourth-order valence-corrected chi connectivity index (χ4v) is 1.90. The fraction of sp³-hybridized carbons (Fsp3) is 0.636. The van der Waals surface area contributed by atoms with E-state index in [1.807, 2.05) is 4.90 Å². The van der Waals surface area contributed by atoms with E-state index in [-0.39, 0.29) is 5.83 Å². The van der Waals surface area contributed by atoms with Gasteiger partial charge in [0.1, 0.15) is 5.83 Å². The molecule has 0 aromatic heterocycles. The van der Waals surface area contributed by atoms with Crippen LogP contribution in [0.25, 0.3) is 0 Å². The Bertz CT molecular complexity index is 293. The predicted molar refractivity (Wildman–Crippen MR) is 62.2 cm³/mol. The van der Waals surface area contributed by atoms with Gasteiger partial charge >= 0.3 is 0 Å². The van der Waals surface area contributed by atoms with Crippen LogP contribution >= 0.6 is 11.6 Å². The molecule has 2 N–H and O–H groups in total. The first kappa shape index (κ1) is 12.5. The predicted octanol–water partition coefficient (Wildman–Crippen LogP) is 2.75. The van der Waals surface area contributed by atoms with Crippen molar-refractivity contribution in [2.75, 3.05) is 19.6 Å². The Hall–Kier alpha value is -0.540. The van der Waals surface area contributed by atoms with Gasteiger partial charge in [0.15, 0.2) is 0 Å². The molecule has 1 aliphatic rings. The zero-order valence-corrected chi connectivity index (χ0v) is 10.1. The van der Waals surface area contributed by atoms with Crippen molar-refractivity contribution in [2.45, 2.75) is 26.7 Å². The van der Waals surface area contributed by atoms with Gasteiger partial charge in [-0.25, -0.2) is 4.39 Å². The third kappa shape index (κ3) is 3.21. The summed E-state index contributed by atoms with van der Waals surface area (Å²) in [6.07, 6.45) is 1.99. The van der Waals surface area contributed by atoms with E-state index in [1.54, 1.807) is 6.92 Å². The van der Waals surface area contributed by atoms with Crippen molar-refractivity contribution in [1.29, 1.82) is 0 Å². The smallest absolute Gasteiger partial charge is 0.116 e. The summed E-state index contributed by atoms with van der Waals surface area (Å²) >= 11 is 6.01. The highest BCUT2D eigenvalue weighted by molar-refractivity contribution is 6.30. The monoisotopic (exact) mass is 232 g/mol. The van der Waals surface area contributed by atoms with Crippen LogP contribution in [0, 0.1) is 0 Å². The van der Waals surface area contributed by atoms with E-state index in [9.17, 15) is 4.39 Å². The van der Waals surface area contributed by atoms with E-state index in [0.717, 1.165) is 30.0 Å². The minimum Gasteiger partial charge on any atom is -0.369 e. The van der Waals surface area contributed by atoms with Crippen LogP contribution in [0.15, 0.2) is 22.1 Å². The lowest BCUT2D eigenvalue weighted by atomic mass is 10.0. The molecule has 4 heteroatoms. The van der Waals surface area contributed by atoms with Crippen molar-refractivity contribution < 1.29 is 4.39 Å². The minimum absolute atomic E-state index is 0.125. The number of halogens is 2. The lowest BCUT2D eigenvalue weighted by Gasteiger charge is -2.31. The maximum Gasteiger partial charge on any atom is 0.116 e. The Morgan fingerprint density at radius 1 is 1.53 bits per heavy atom. The van der Waals surface area contributed by atoms with Crippen LogP contribution in [-0.4, -0.2) is 24.5 Å². The van der Waals surface area contributed by atoms with Crippen molar-refractivity contribution >= 4 is 11.6 Å². The molecule has 1 rings (SSSR count). The van der Waals surface area contributed by atoms with Gasteiger partial charge in [0.2, 0.25) is 0 Å². The van der Waals surface area contributed by atoms with Gasteiger partial charge in [0.25, 0.3) is 0 Å². The number of hydrogen-bond donors (Lipinski definition) is 1. The lowest BCUT2D eigenvalue weighted by molar-refractivity contribution is 0.319. The van der Waals surface area contributed by atoms with E-state index < -0.39 is 0 Å². The number of nitrogens with two attached hydrogens (primary N) is 1. The molecule has 86 valence electrons. The molecule has 0 radical (unpaired) electrons. The Kier molecular flexibility index (Phi) is 4.61. The molecule has 0 aromatic rings. The van der Waals surface area contributed by atoms with E-state index in [0.29, 0.717) is 18.8 Å². The standard InChI is InChI=1S/C11H18ClFN2/c1-8(13)9(2)15-5-3-4-10(7-15)11(12)6-14/h3-7,14H2,1-2H3. The molecular weight excluding hydrogens is 215 g/mol. The van der Waals surface area contributed by atoms with Gasteiger partial charge < -0.3 is 10.6 Å². The molecule has 1 aliphatic heterocycles. The van der Waals surface area contributed by atoms with Gasteiger partial charge in [-0.3, -0.25) is 0 Å². The number of allylic oxidation sites excluding steroid dienone is 2. The number of nitrogens with zero attached hydrogens (tertiary/aromatic N) is 1. The molecule has 0 atom stereocenters. The van der Waals surface area contributed by atoms with E-state index >= 15 is 0 Å². The second-order valence-corrected chi connectivity index (χ2v) is 4.31. The highest BCUT2D eigenvalue weighted by atomic mass is 35.5. The van der Waals surface area contributed by atoms with Crippen LogP contribution in [0.3, 0.4) is 0 Å². The van der Waals surface area contributed by atoms with Crippen LogP contribution in [0.1, 0.15) is 26.7 Å². The lowest BCUT2D eigenvalue weighted by Crippen LogP contribution is -2.31. The average Bonchev–Trinajstić information content (AvgIpc) is 2.27. The van der Waals surface area contributed by atoms with Crippen molar-refractivity contribution in [3.63, 3.8) is 0 Å². The molecule has 0 unspecified atom stereocenters. The first-order valence-corrected chi connectivity index (χ1v) is 5.58. The van der Waals surface area contributed by atoms with Gasteiger partial charge in [-0.2, -0.15) is 0 Å². The van der Waals surface area contributed by atoms with Gasteiger partial charge in [-0.1, -0.05) is 11.6 Å². The Morgan fingerprint density at radius 2 is 2.20 bits per heavy atom. The Balaban J connectivity index is 2.77. The quantitative estimate of drug-likeness (QED) is 0.793. The summed E-state index contributed by atoms with van der Waals surface area (Å²) in [6.45, 7) is 5.27.